The van der Waals surface area contributed by atoms with Crippen LogP contribution in [-0.4, -0.2) is 57.1 Å². The molecule has 1 fully saturated rings. The minimum Gasteiger partial charge on any atom is -0.384 e. The predicted octanol–water partition coefficient (Wildman–Crippen LogP) is 1.52. The first kappa shape index (κ1) is 12.9. The lowest BCUT2D eigenvalue weighted by Crippen LogP contribution is -2.66. The van der Waals surface area contributed by atoms with Crippen LogP contribution < -0.4 is 0 Å². The van der Waals surface area contributed by atoms with Gasteiger partial charge >= 0.3 is 0 Å². The average molecular weight is 216 g/mol. The maximum atomic E-state index is 5.45. The van der Waals surface area contributed by atoms with E-state index >= 15 is 0 Å². The summed E-state index contributed by atoms with van der Waals surface area (Å²) in [5.41, 5.74) is 0.250. The second kappa shape index (κ2) is 4.81. The number of hydrogen-bond donors (Lipinski definition) is 0. The summed E-state index contributed by atoms with van der Waals surface area (Å²) in [5, 5.41) is 0. The number of quaternary nitrogens is 1. The molecule has 0 spiro atoms. The molecule has 1 aliphatic heterocycles. The Kier molecular flexibility index (Phi) is 4.15. The molecule has 0 amide bonds. The zero-order valence-corrected chi connectivity index (χ0v) is 10.9. The molecule has 1 rings (SSSR count). The van der Waals surface area contributed by atoms with Crippen molar-refractivity contribution in [1.29, 1.82) is 0 Å². The Balaban J connectivity index is 2.72. The van der Waals surface area contributed by atoms with Gasteiger partial charge in [-0.15, -0.1) is 0 Å². The summed E-state index contributed by atoms with van der Waals surface area (Å²) in [5.74, 6) is 0.561. The number of ether oxygens (including phenoxy) is 2. The molecule has 1 atom stereocenters. The van der Waals surface area contributed by atoms with E-state index in [1.165, 1.54) is 0 Å². The Morgan fingerprint density at radius 1 is 1.33 bits per heavy atom. The zero-order chi connectivity index (χ0) is 11.5. The van der Waals surface area contributed by atoms with Gasteiger partial charge in [0, 0.05) is 13.0 Å². The Morgan fingerprint density at radius 3 is 2.33 bits per heavy atom. The second-order valence-corrected chi connectivity index (χ2v) is 5.47. The minimum atomic E-state index is 0.250. The van der Waals surface area contributed by atoms with E-state index in [0.29, 0.717) is 5.92 Å². The van der Waals surface area contributed by atoms with Crippen molar-refractivity contribution in [3.8, 4) is 0 Å². The molecule has 0 N–H and O–H groups in total. The summed E-state index contributed by atoms with van der Waals surface area (Å²) in [6.07, 6.45) is 0. The number of methoxy groups -OCH3 is 1. The van der Waals surface area contributed by atoms with Crippen LogP contribution in [0.1, 0.15) is 20.8 Å². The van der Waals surface area contributed by atoms with Crippen LogP contribution in [0.2, 0.25) is 0 Å². The lowest BCUT2D eigenvalue weighted by Gasteiger charge is -2.52. The fourth-order valence-corrected chi connectivity index (χ4v) is 2.31. The normalized spacial score (nSPS) is 23.8. The summed E-state index contributed by atoms with van der Waals surface area (Å²) in [6.45, 7) is 11.8. The molecule has 15 heavy (non-hydrogen) atoms. The van der Waals surface area contributed by atoms with Crippen molar-refractivity contribution < 1.29 is 14.0 Å². The van der Waals surface area contributed by atoms with Crippen LogP contribution in [-0.2, 0) is 9.47 Å². The van der Waals surface area contributed by atoms with E-state index in [1.54, 1.807) is 7.11 Å². The molecule has 1 aliphatic rings. The van der Waals surface area contributed by atoms with Crippen LogP contribution in [0.3, 0.4) is 0 Å². The summed E-state index contributed by atoms with van der Waals surface area (Å²) in [7, 11) is 4.13. The van der Waals surface area contributed by atoms with E-state index in [0.717, 1.165) is 37.4 Å². The van der Waals surface area contributed by atoms with Gasteiger partial charge in [-0.1, -0.05) is 6.92 Å². The van der Waals surface area contributed by atoms with Gasteiger partial charge in [-0.25, -0.2) is 0 Å². The van der Waals surface area contributed by atoms with E-state index < -0.39 is 0 Å². The molecule has 0 aromatic heterocycles. The van der Waals surface area contributed by atoms with E-state index in [2.05, 4.69) is 27.8 Å². The summed E-state index contributed by atoms with van der Waals surface area (Å²) in [6, 6.07) is 0. The van der Waals surface area contributed by atoms with E-state index in [9.17, 15) is 0 Å². The summed E-state index contributed by atoms with van der Waals surface area (Å²) < 4.78 is 11.8. The van der Waals surface area contributed by atoms with Gasteiger partial charge in [-0.05, 0) is 13.8 Å². The second-order valence-electron chi connectivity index (χ2n) is 5.47. The van der Waals surface area contributed by atoms with Crippen LogP contribution in [0.5, 0.6) is 0 Å². The van der Waals surface area contributed by atoms with Crippen molar-refractivity contribution in [3.05, 3.63) is 0 Å². The first-order valence-electron chi connectivity index (χ1n) is 5.85. The monoisotopic (exact) mass is 216 g/mol. The molecule has 3 nitrogen and oxygen atoms in total. The zero-order valence-electron chi connectivity index (χ0n) is 10.9. The molecular formula is C12H26NO2+. The van der Waals surface area contributed by atoms with E-state index in [1.807, 2.05) is 0 Å². The van der Waals surface area contributed by atoms with Gasteiger partial charge in [0.2, 0.25) is 0 Å². The number of hydrogen-bond acceptors (Lipinski definition) is 2. The van der Waals surface area contributed by atoms with Gasteiger partial charge < -0.3 is 14.0 Å². The number of morpholine rings is 1. The standard InChI is InChI=1S/C12H26NO2/c1-11(10-14-5)12(2,3)13(4)6-8-15-9-7-13/h11H,6-10H2,1-5H3/q+1. The van der Waals surface area contributed by atoms with Crippen LogP contribution >= 0.6 is 0 Å². The van der Waals surface area contributed by atoms with Crippen molar-refractivity contribution in [3.63, 3.8) is 0 Å². The molecule has 1 heterocycles. The first-order valence-corrected chi connectivity index (χ1v) is 5.85. The van der Waals surface area contributed by atoms with Crippen LogP contribution in [0, 0.1) is 5.92 Å². The van der Waals surface area contributed by atoms with Gasteiger partial charge in [-0.2, -0.15) is 0 Å². The van der Waals surface area contributed by atoms with Crippen LogP contribution in [0.25, 0.3) is 0 Å². The predicted molar refractivity (Wildman–Crippen MR) is 61.9 cm³/mol. The fourth-order valence-electron chi connectivity index (χ4n) is 2.31. The van der Waals surface area contributed by atoms with Crippen molar-refractivity contribution in [2.45, 2.75) is 26.3 Å². The highest BCUT2D eigenvalue weighted by Crippen LogP contribution is 2.31. The molecule has 0 aliphatic carbocycles. The molecule has 0 aromatic rings. The Hall–Kier alpha value is -0.120. The van der Waals surface area contributed by atoms with E-state index in [-0.39, 0.29) is 5.54 Å². The molecule has 1 saturated heterocycles. The molecular weight excluding hydrogens is 190 g/mol. The SMILES string of the molecule is COCC(C)C(C)(C)[N+]1(C)CCOCC1. The number of rotatable bonds is 4. The fraction of sp³-hybridized carbons (Fsp3) is 1.00. The molecule has 3 heteroatoms. The topological polar surface area (TPSA) is 18.5 Å². The molecule has 90 valence electrons. The van der Waals surface area contributed by atoms with Crippen molar-refractivity contribution >= 4 is 0 Å². The average Bonchev–Trinajstić information content (AvgIpc) is 2.19. The Labute approximate surface area is 93.9 Å². The third kappa shape index (κ3) is 2.52. The Bertz CT molecular complexity index is 198. The van der Waals surface area contributed by atoms with Crippen LogP contribution in [0.15, 0.2) is 0 Å². The van der Waals surface area contributed by atoms with Crippen molar-refractivity contribution in [2.24, 2.45) is 5.92 Å². The lowest BCUT2D eigenvalue weighted by atomic mass is 9.85. The van der Waals surface area contributed by atoms with Gasteiger partial charge in [0.05, 0.1) is 32.4 Å². The molecule has 1 unspecified atom stereocenters. The number of nitrogens with zero attached hydrogens (tertiary/aromatic N) is 1. The van der Waals surface area contributed by atoms with Gasteiger partial charge in [0.15, 0.2) is 0 Å². The lowest BCUT2D eigenvalue weighted by molar-refractivity contribution is -0.965. The largest absolute Gasteiger partial charge is 0.384 e. The van der Waals surface area contributed by atoms with Crippen LogP contribution in [0.4, 0.5) is 0 Å². The van der Waals surface area contributed by atoms with E-state index in [4.69, 9.17) is 9.47 Å². The maximum Gasteiger partial charge on any atom is 0.103 e. The maximum absolute atomic E-state index is 5.45. The highest BCUT2D eigenvalue weighted by atomic mass is 16.5. The molecule has 0 radical (unpaired) electrons. The molecule has 0 bridgehead atoms. The minimum absolute atomic E-state index is 0.250. The molecule has 0 aromatic carbocycles. The highest BCUT2D eigenvalue weighted by Gasteiger charge is 2.45. The number of likely N-dealkylation sites (N-methyl/N-ethyl adjacent to an activating group) is 1. The van der Waals surface area contributed by atoms with Gasteiger partial charge in [0.25, 0.3) is 0 Å². The first-order chi connectivity index (χ1) is 6.94. The summed E-state index contributed by atoms with van der Waals surface area (Å²) in [4.78, 5) is 0. The molecule has 0 saturated carbocycles. The highest BCUT2D eigenvalue weighted by molar-refractivity contribution is 4.78. The van der Waals surface area contributed by atoms with Gasteiger partial charge in [0.1, 0.15) is 13.1 Å². The van der Waals surface area contributed by atoms with Crippen molar-refractivity contribution in [2.75, 3.05) is 47.1 Å². The summed E-state index contributed by atoms with van der Waals surface area (Å²) >= 11 is 0. The van der Waals surface area contributed by atoms with Gasteiger partial charge in [-0.3, -0.25) is 0 Å². The quantitative estimate of drug-likeness (QED) is 0.663. The Morgan fingerprint density at radius 2 is 1.87 bits per heavy atom. The third-order valence-corrected chi connectivity index (χ3v) is 4.47. The third-order valence-electron chi connectivity index (χ3n) is 4.47. The smallest absolute Gasteiger partial charge is 0.103 e. The van der Waals surface area contributed by atoms with Crippen molar-refractivity contribution in [1.82, 2.24) is 0 Å².